The largest absolute Gasteiger partial charge is 0.366 e. The molecule has 5 N–H and O–H groups in total. The van der Waals surface area contributed by atoms with Crippen molar-refractivity contribution in [1.29, 1.82) is 0 Å². The van der Waals surface area contributed by atoms with Gasteiger partial charge in [-0.15, -0.1) is 5.10 Å². The zero-order valence-corrected chi connectivity index (χ0v) is 15.9. The number of carbonyl (C=O) groups excluding carboxylic acids is 1. The summed E-state index contributed by atoms with van der Waals surface area (Å²) in [5.74, 6) is 0.719. The summed E-state index contributed by atoms with van der Waals surface area (Å²) in [6, 6.07) is 10.2. The Morgan fingerprint density at radius 2 is 1.86 bits per heavy atom. The lowest BCUT2D eigenvalue weighted by Gasteiger charge is -2.27. The van der Waals surface area contributed by atoms with E-state index >= 15 is 0 Å². The molecule has 3 aromatic rings. The number of rotatable bonds is 5. The zero-order valence-electron chi connectivity index (χ0n) is 15.9. The third-order valence-electron chi connectivity index (χ3n) is 4.97. The van der Waals surface area contributed by atoms with Crippen LogP contribution in [0.25, 0.3) is 5.65 Å². The summed E-state index contributed by atoms with van der Waals surface area (Å²) in [6.07, 6.45) is 7.75. The van der Waals surface area contributed by atoms with Gasteiger partial charge in [-0.3, -0.25) is 4.79 Å². The molecule has 8 heteroatoms. The van der Waals surface area contributed by atoms with Gasteiger partial charge in [0.1, 0.15) is 5.82 Å². The molecule has 0 atom stereocenters. The summed E-state index contributed by atoms with van der Waals surface area (Å²) in [4.78, 5) is 15.6. The first kappa shape index (κ1) is 18.2. The van der Waals surface area contributed by atoms with Gasteiger partial charge in [0.2, 0.25) is 5.91 Å². The second kappa shape index (κ2) is 7.85. The second-order valence-corrected chi connectivity index (χ2v) is 7.28. The van der Waals surface area contributed by atoms with E-state index in [0.29, 0.717) is 12.1 Å². The Bertz CT molecular complexity index is 958. The molecule has 8 nitrogen and oxygen atoms in total. The number of anilines is 4. The van der Waals surface area contributed by atoms with Crippen LogP contribution in [0.15, 0.2) is 42.7 Å². The minimum Gasteiger partial charge on any atom is -0.366 e. The molecule has 0 bridgehead atoms. The van der Waals surface area contributed by atoms with Crippen LogP contribution in [0.4, 0.5) is 22.9 Å². The van der Waals surface area contributed by atoms with Crippen molar-refractivity contribution in [1.82, 2.24) is 14.6 Å². The third kappa shape index (κ3) is 4.23. The minimum absolute atomic E-state index is 0.0895. The summed E-state index contributed by atoms with van der Waals surface area (Å²) >= 11 is 0. The van der Waals surface area contributed by atoms with Gasteiger partial charge in [-0.2, -0.15) is 0 Å². The quantitative estimate of drug-likeness (QED) is 0.542. The smallest absolute Gasteiger partial charge is 0.221 e. The molecule has 4 rings (SSSR count). The van der Waals surface area contributed by atoms with Crippen molar-refractivity contribution in [3.63, 3.8) is 0 Å². The Morgan fingerprint density at radius 3 is 2.57 bits per heavy atom. The number of carbonyl (C=O) groups is 1. The molecule has 2 heterocycles. The van der Waals surface area contributed by atoms with Crippen molar-refractivity contribution in [2.24, 2.45) is 5.73 Å². The summed E-state index contributed by atoms with van der Waals surface area (Å²) in [7, 11) is 0. The lowest BCUT2D eigenvalue weighted by atomic mass is 9.92. The van der Waals surface area contributed by atoms with Crippen molar-refractivity contribution in [3.8, 4) is 0 Å². The molecule has 1 aliphatic rings. The Labute approximate surface area is 163 Å². The maximum Gasteiger partial charge on any atom is 0.221 e. The van der Waals surface area contributed by atoms with Crippen LogP contribution in [0.2, 0.25) is 0 Å². The van der Waals surface area contributed by atoms with Crippen LogP contribution in [-0.4, -0.2) is 32.6 Å². The van der Waals surface area contributed by atoms with Crippen LogP contribution in [0, 0.1) is 0 Å². The summed E-state index contributed by atoms with van der Waals surface area (Å²) < 4.78 is 1.77. The van der Waals surface area contributed by atoms with Crippen LogP contribution in [0.5, 0.6) is 0 Å². The Kier molecular flexibility index (Phi) is 5.12. The molecule has 146 valence electrons. The fraction of sp³-hybridized carbons (Fsp3) is 0.350. The number of nitrogens with two attached hydrogens (primary N) is 1. The summed E-state index contributed by atoms with van der Waals surface area (Å²) in [5, 5.41) is 14.3. The monoisotopic (exact) mass is 379 g/mol. The van der Waals surface area contributed by atoms with Crippen molar-refractivity contribution in [2.75, 3.05) is 16.0 Å². The van der Waals surface area contributed by atoms with Gasteiger partial charge in [0, 0.05) is 48.8 Å². The molecule has 0 aliphatic heterocycles. The molecule has 0 radical (unpaired) electrons. The van der Waals surface area contributed by atoms with Gasteiger partial charge in [0.25, 0.3) is 0 Å². The number of aromatic nitrogens is 3. The standard InChI is InChI=1S/C20H25N7O/c1-13(28)23-15-6-8-16(9-7-15)24-18-12-19(26-27-11-10-22-20(18)27)25-17-4-2-14(21)3-5-17/h6-12,14,17,24H,2-5,21H2,1H3,(H,23,28)(H,25,26). The molecule has 1 aliphatic carbocycles. The van der Waals surface area contributed by atoms with Crippen molar-refractivity contribution < 1.29 is 4.79 Å². The molecular formula is C20H25N7O. The zero-order chi connectivity index (χ0) is 19.5. The maximum atomic E-state index is 11.2. The number of amides is 1. The average molecular weight is 379 g/mol. The van der Waals surface area contributed by atoms with E-state index in [0.717, 1.165) is 54.2 Å². The fourth-order valence-corrected chi connectivity index (χ4v) is 3.55. The van der Waals surface area contributed by atoms with Gasteiger partial charge in [-0.05, 0) is 49.9 Å². The highest BCUT2D eigenvalue weighted by atomic mass is 16.1. The number of fused-ring (bicyclic) bond motifs is 1. The van der Waals surface area contributed by atoms with E-state index < -0.39 is 0 Å². The van der Waals surface area contributed by atoms with E-state index in [1.165, 1.54) is 6.92 Å². The Hall–Kier alpha value is -3.13. The van der Waals surface area contributed by atoms with Crippen molar-refractivity contribution >= 4 is 34.4 Å². The lowest BCUT2D eigenvalue weighted by Crippen LogP contribution is -2.33. The molecule has 0 spiro atoms. The average Bonchev–Trinajstić information content (AvgIpc) is 3.14. The normalized spacial score (nSPS) is 19.4. The number of nitrogens with zero attached hydrogens (tertiary/aromatic N) is 3. The SMILES string of the molecule is CC(=O)Nc1ccc(Nc2cc(NC3CCC(N)CC3)nn3ccnc23)cc1. The highest BCUT2D eigenvalue weighted by Gasteiger charge is 2.19. The molecule has 0 unspecified atom stereocenters. The van der Waals surface area contributed by atoms with Crippen LogP contribution in [0.1, 0.15) is 32.6 Å². The highest BCUT2D eigenvalue weighted by molar-refractivity contribution is 5.89. The van der Waals surface area contributed by atoms with E-state index in [-0.39, 0.29) is 5.91 Å². The first-order chi connectivity index (χ1) is 13.6. The van der Waals surface area contributed by atoms with Gasteiger partial charge >= 0.3 is 0 Å². The van der Waals surface area contributed by atoms with Crippen molar-refractivity contribution in [3.05, 3.63) is 42.7 Å². The molecular weight excluding hydrogens is 354 g/mol. The third-order valence-corrected chi connectivity index (χ3v) is 4.97. The predicted octanol–water partition coefficient (Wildman–Crippen LogP) is 3.11. The molecule has 1 fully saturated rings. The highest BCUT2D eigenvalue weighted by Crippen LogP contribution is 2.26. The number of imidazole rings is 1. The molecule has 2 aromatic heterocycles. The predicted molar refractivity (Wildman–Crippen MR) is 111 cm³/mol. The van der Waals surface area contributed by atoms with E-state index in [9.17, 15) is 4.79 Å². The second-order valence-electron chi connectivity index (χ2n) is 7.28. The van der Waals surface area contributed by atoms with Gasteiger partial charge in [0.05, 0.1) is 5.69 Å². The Balaban J connectivity index is 1.54. The molecule has 1 amide bonds. The Morgan fingerprint density at radius 1 is 1.14 bits per heavy atom. The van der Waals surface area contributed by atoms with E-state index in [1.54, 1.807) is 10.7 Å². The molecule has 1 saturated carbocycles. The van der Waals surface area contributed by atoms with Gasteiger partial charge in [0.15, 0.2) is 5.65 Å². The molecule has 0 saturated heterocycles. The number of nitrogens with one attached hydrogen (secondary N) is 3. The first-order valence-corrected chi connectivity index (χ1v) is 9.58. The van der Waals surface area contributed by atoms with Gasteiger partial charge < -0.3 is 21.7 Å². The topological polar surface area (TPSA) is 109 Å². The maximum absolute atomic E-state index is 11.2. The van der Waals surface area contributed by atoms with Gasteiger partial charge in [-0.1, -0.05) is 0 Å². The van der Waals surface area contributed by atoms with Gasteiger partial charge in [-0.25, -0.2) is 9.50 Å². The van der Waals surface area contributed by atoms with Crippen molar-refractivity contribution in [2.45, 2.75) is 44.7 Å². The summed E-state index contributed by atoms with van der Waals surface area (Å²) in [6.45, 7) is 1.49. The van der Waals surface area contributed by atoms with E-state index in [1.807, 2.05) is 36.5 Å². The van der Waals surface area contributed by atoms with Crippen LogP contribution in [0.3, 0.4) is 0 Å². The minimum atomic E-state index is -0.0895. The van der Waals surface area contributed by atoms with E-state index in [2.05, 4.69) is 26.0 Å². The first-order valence-electron chi connectivity index (χ1n) is 9.58. The fourth-order valence-electron chi connectivity index (χ4n) is 3.55. The van der Waals surface area contributed by atoms with Crippen LogP contribution >= 0.6 is 0 Å². The van der Waals surface area contributed by atoms with Crippen LogP contribution in [-0.2, 0) is 4.79 Å². The lowest BCUT2D eigenvalue weighted by molar-refractivity contribution is -0.114. The molecule has 28 heavy (non-hydrogen) atoms. The summed E-state index contributed by atoms with van der Waals surface area (Å²) in [5.41, 5.74) is 9.29. The number of hydrogen-bond acceptors (Lipinski definition) is 6. The number of benzene rings is 1. The van der Waals surface area contributed by atoms with Crippen LogP contribution < -0.4 is 21.7 Å². The number of hydrogen-bond donors (Lipinski definition) is 4. The molecule has 1 aromatic carbocycles. The van der Waals surface area contributed by atoms with E-state index in [4.69, 9.17) is 5.73 Å².